The van der Waals surface area contributed by atoms with Crippen molar-refractivity contribution in [1.82, 2.24) is 5.32 Å². The van der Waals surface area contributed by atoms with Crippen molar-refractivity contribution in [3.63, 3.8) is 0 Å². The summed E-state index contributed by atoms with van der Waals surface area (Å²) in [6.45, 7) is 10.1. The first-order chi connectivity index (χ1) is 7.24. The summed E-state index contributed by atoms with van der Waals surface area (Å²) in [6, 6.07) is 0.0396. The molecule has 0 aliphatic heterocycles. The molecule has 0 rings (SSSR count). The van der Waals surface area contributed by atoms with E-state index in [-0.39, 0.29) is 24.2 Å². The number of nitrogens with one attached hydrogen (secondary N) is 1. The zero-order valence-corrected chi connectivity index (χ0v) is 11.7. The first-order valence-electron chi connectivity index (χ1n) is 5.74. The van der Waals surface area contributed by atoms with Gasteiger partial charge in [0.1, 0.15) is 6.61 Å². The van der Waals surface area contributed by atoms with Crippen LogP contribution in [-0.2, 0) is 9.53 Å². The van der Waals surface area contributed by atoms with Gasteiger partial charge in [0.15, 0.2) is 0 Å². The summed E-state index contributed by atoms with van der Waals surface area (Å²) >= 11 is 5.79. The van der Waals surface area contributed by atoms with Crippen LogP contribution in [0.4, 0.5) is 0 Å². The Bertz CT molecular complexity index is 212. The van der Waals surface area contributed by atoms with Crippen LogP contribution in [0.2, 0.25) is 0 Å². The molecule has 0 saturated carbocycles. The summed E-state index contributed by atoms with van der Waals surface area (Å²) in [5, 5.41) is 2.87. The predicted octanol–water partition coefficient (Wildman–Crippen LogP) is 2.57. The van der Waals surface area contributed by atoms with Crippen LogP contribution in [0.15, 0.2) is 0 Å². The fourth-order valence-corrected chi connectivity index (χ4v) is 1.48. The molecule has 4 heteroatoms. The number of carbonyl (C=O) groups is 1. The smallest absolute Gasteiger partial charge is 0.246 e. The number of carbonyl (C=O) groups excluding carboxylic acids is 1. The normalized spacial score (nSPS) is 13.9. The minimum absolute atomic E-state index is 0.0396. The molecular weight excluding hydrogens is 226 g/mol. The van der Waals surface area contributed by atoms with Gasteiger partial charge < -0.3 is 10.1 Å². The lowest BCUT2D eigenvalue weighted by Gasteiger charge is -2.21. The van der Waals surface area contributed by atoms with Crippen LogP contribution in [0.1, 0.15) is 41.0 Å². The first kappa shape index (κ1) is 15.7. The highest BCUT2D eigenvalue weighted by Gasteiger charge is 2.16. The van der Waals surface area contributed by atoms with Crippen LogP contribution in [0.5, 0.6) is 0 Å². The highest BCUT2D eigenvalue weighted by atomic mass is 35.5. The van der Waals surface area contributed by atoms with Gasteiger partial charge in [-0.2, -0.15) is 0 Å². The van der Waals surface area contributed by atoms with E-state index in [0.717, 1.165) is 6.42 Å². The van der Waals surface area contributed by atoms with Crippen molar-refractivity contribution >= 4 is 17.5 Å². The van der Waals surface area contributed by atoms with Gasteiger partial charge in [-0.15, -0.1) is 11.6 Å². The van der Waals surface area contributed by atoms with Crippen LogP contribution in [0.25, 0.3) is 0 Å². The Morgan fingerprint density at radius 3 is 2.31 bits per heavy atom. The van der Waals surface area contributed by atoms with Gasteiger partial charge in [-0.1, -0.05) is 13.8 Å². The fourth-order valence-electron chi connectivity index (χ4n) is 1.28. The second kappa shape index (κ2) is 7.13. The van der Waals surface area contributed by atoms with Gasteiger partial charge in [-0.05, 0) is 33.1 Å². The minimum atomic E-state index is -0.286. The van der Waals surface area contributed by atoms with Crippen LogP contribution in [-0.4, -0.2) is 30.0 Å². The molecule has 0 bridgehead atoms. The summed E-state index contributed by atoms with van der Waals surface area (Å²) in [4.78, 5) is 11.5. The van der Waals surface area contributed by atoms with E-state index in [9.17, 15) is 4.79 Å². The second-order valence-corrected chi connectivity index (χ2v) is 5.76. The zero-order chi connectivity index (χ0) is 12.8. The number of alkyl halides is 1. The molecule has 0 spiro atoms. The molecule has 0 fully saturated rings. The van der Waals surface area contributed by atoms with Crippen molar-refractivity contribution in [1.29, 1.82) is 0 Å². The maximum Gasteiger partial charge on any atom is 0.246 e. The number of halogens is 1. The van der Waals surface area contributed by atoms with E-state index in [4.69, 9.17) is 16.3 Å². The van der Waals surface area contributed by atoms with Gasteiger partial charge in [0.25, 0.3) is 0 Å². The molecule has 3 nitrogen and oxygen atoms in total. The quantitative estimate of drug-likeness (QED) is 0.735. The minimum Gasteiger partial charge on any atom is -0.366 e. The number of hydrogen-bond donors (Lipinski definition) is 1. The summed E-state index contributed by atoms with van der Waals surface area (Å²) in [6.07, 6.45) is 0.894. The van der Waals surface area contributed by atoms with Crippen LogP contribution < -0.4 is 5.32 Å². The first-order valence-corrected chi connectivity index (χ1v) is 6.27. The molecular formula is C12H24ClNO2. The van der Waals surface area contributed by atoms with Crippen molar-refractivity contribution in [3.05, 3.63) is 0 Å². The van der Waals surface area contributed by atoms with E-state index in [1.54, 1.807) is 0 Å². The Morgan fingerprint density at radius 2 is 1.94 bits per heavy atom. The SMILES string of the molecule is CC(C)CC(CCl)NC(=O)COC(C)(C)C. The Labute approximate surface area is 104 Å². The molecule has 16 heavy (non-hydrogen) atoms. The lowest BCUT2D eigenvalue weighted by atomic mass is 10.1. The molecule has 1 amide bonds. The van der Waals surface area contributed by atoms with E-state index >= 15 is 0 Å². The Morgan fingerprint density at radius 1 is 1.38 bits per heavy atom. The van der Waals surface area contributed by atoms with Crippen molar-refractivity contribution in [2.75, 3.05) is 12.5 Å². The number of hydrogen-bond acceptors (Lipinski definition) is 2. The molecule has 96 valence electrons. The molecule has 0 heterocycles. The van der Waals surface area contributed by atoms with Gasteiger partial charge in [-0.3, -0.25) is 4.79 Å². The Balaban J connectivity index is 3.92. The summed E-state index contributed by atoms with van der Waals surface area (Å²) < 4.78 is 5.39. The molecule has 0 aliphatic carbocycles. The Kier molecular flexibility index (Phi) is 7.00. The zero-order valence-electron chi connectivity index (χ0n) is 11.0. The predicted molar refractivity (Wildman–Crippen MR) is 67.8 cm³/mol. The van der Waals surface area contributed by atoms with Crippen molar-refractivity contribution in [3.8, 4) is 0 Å². The second-order valence-electron chi connectivity index (χ2n) is 5.45. The number of rotatable bonds is 6. The molecule has 1 atom stereocenters. The largest absolute Gasteiger partial charge is 0.366 e. The average Bonchev–Trinajstić information content (AvgIpc) is 2.12. The lowest BCUT2D eigenvalue weighted by molar-refractivity contribution is -0.131. The Hall–Kier alpha value is -0.280. The maximum atomic E-state index is 11.5. The van der Waals surface area contributed by atoms with Gasteiger partial charge in [-0.25, -0.2) is 0 Å². The lowest BCUT2D eigenvalue weighted by Crippen LogP contribution is -2.40. The molecule has 1 unspecified atom stereocenters. The molecule has 0 aromatic carbocycles. The van der Waals surface area contributed by atoms with Crippen LogP contribution in [0.3, 0.4) is 0 Å². The monoisotopic (exact) mass is 249 g/mol. The standard InChI is InChI=1S/C12H24ClNO2/c1-9(2)6-10(7-13)14-11(15)8-16-12(3,4)5/h9-10H,6-8H2,1-5H3,(H,14,15). The van der Waals surface area contributed by atoms with Crippen molar-refractivity contribution < 1.29 is 9.53 Å². The molecule has 1 N–H and O–H groups in total. The van der Waals surface area contributed by atoms with E-state index in [1.807, 2.05) is 20.8 Å². The van der Waals surface area contributed by atoms with Gasteiger partial charge in [0.05, 0.1) is 5.60 Å². The fraction of sp³-hybridized carbons (Fsp3) is 0.917. The van der Waals surface area contributed by atoms with Crippen LogP contribution >= 0.6 is 11.6 Å². The molecule has 0 saturated heterocycles. The third-order valence-electron chi connectivity index (χ3n) is 1.94. The third-order valence-corrected chi connectivity index (χ3v) is 2.32. The maximum absolute atomic E-state index is 11.5. The molecule has 0 radical (unpaired) electrons. The molecule has 0 aliphatic rings. The van der Waals surface area contributed by atoms with E-state index < -0.39 is 0 Å². The highest BCUT2D eigenvalue weighted by Crippen LogP contribution is 2.08. The third kappa shape index (κ3) is 8.98. The number of amides is 1. The number of ether oxygens (including phenoxy) is 1. The summed E-state index contributed by atoms with van der Waals surface area (Å²) in [5.41, 5.74) is -0.286. The molecule has 0 aromatic rings. The van der Waals surface area contributed by atoms with Crippen LogP contribution in [0, 0.1) is 5.92 Å². The van der Waals surface area contributed by atoms with E-state index in [2.05, 4.69) is 19.2 Å². The van der Waals surface area contributed by atoms with Gasteiger partial charge in [0, 0.05) is 11.9 Å². The van der Waals surface area contributed by atoms with Gasteiger partial charge in [0.2, 0.25) is 5.91 Å². The van der Waals surface area contributed by atoms with Gasteiger partial charge >= 0.3 is 0 Å². The topological polar surface area (TPSA) is 38.3 Å². The molecule has 0 aromatic heterocycles. The highest BCUT2D eigenvalue weighted by molar-refractivity contribution is 6.18. The average molecular weight is 250 g/mol. The van der Waals surface area contributed by atoms with Crippen molar-refractivity contribution in [2.24, 2.45) is 5.92 Å². The van der Waals surface area contributed by atoms with E-state index in [0.29, 0.717) is 11.8 Å². The summed E-state index contributed by atoms with van der Waals surface area (Å²) in [5.74, 6) is 0.869. The van der Waals surface area contributed by atoms with Crippen molar-refractivity contribution in [2.45, 2.75) is 52.7 Å². The summed E-state index contributed by atoms with van der Waals surface area (Å²) in [7, 11) is 0. The van der Waals surface area contributed by atoms with E-state index in [1.165, 1.54) is 0 Å².